The highest BCUT2D eigenvalue weighted by atomic mass is 32.3. The Morgan fingerprint density at radius 3 is 1.52 bits per heavy atom. The summed E-state index contributed by atoms with van der Waals surface area (Å²) >= 11 is 0. The van der Waals surface area contributed by atoms with Crippen molar-refractivity contribution in [2.24, 2.45) is 0 Å². The molecule has 0 heterocycles. The molecule has 0 aromatic heterocycles. The maximum Gasteiger partial charge on any atom is 0.196 e. The summed E-state index contributed by atoms with van der Waals surface area (Å²) in [6, 6.07) is 15.4. The number of hydrogen-bond acceptors (Lipinski definition) is 4. The second-order valence-corrected chi connectivity index (χ2v) is 18.1. The second-order valence-electron chi connectivity index (χ2n) is 8.53. The first-order valence-corrected chi connectivity index (χ1v) is 15.5. The number of sulfone groups is 2. The zero-order valence-electron chi connectivity index (χ0n) is 17.5. The molecule has 29 heavy (non-hydrogen) atoms. The molecular formula is C22H28O4S2Si. The van der Waals surface area contributed by atoms with E-state index in [1.807, 2.05) is 0 Å². The van der Waals surface area contributed by atoms with Crippen molar-refractivity contribution in [3.05, 3.63) is 60.7 Å². The Bertz CT molecular complexity index is 1030. The largest absolute Gasteiger partial charge is 0.222 e. The average Bonchev–Trinajstić information content (AvgIpc) is 2.65. The van der Waals surface area contributed by atoms with Crippen LogP contribution in [0, 0.1) is 11.5 Å². The summed E-state index contributed by atoms with van der Waals surface area (Å²) in [7, 11) is -10.3. The number of rotatable bonds is 5. The van der Waals surface area contributed by atoms with Gasteiger partial charge in [-0.05, 0) is 29.3 Å². The Labute approximate surface area is 176 Å². The van der Waals surface area contributed by atoms with Crippen molar-refractivity contribution in [2.75, 3.05) is 0 Å². The molecule has 0 aliphatic rings. The summed E-state index contributed by atoms with van der Waals surface area (Å²) in [5.74, 6) is 2.94. The quantitative estimate of drug-likeness (QED) is 0.491. The predicted octanol–water partition coefficient (Wildman–Crippen LogP) is 4.70. The van der Waals surface area contributed by atoms with E-state index in [2.05, 4.69) is 45.3 Å². The molecule has 2 aromatic carbocycles. The second kappa shape index (κ2) is 8.47. The van der Waals surface area contributed by atoms with Crippen LogP contribution in [0.3, 0.4) is 0 Å². The molecule has 0 aliphatic heterocycles. The lowest BCUT2D eigenvalue weighted by molar-refractivity contribution is 0.575. The molecule has 0 bridgehead atoms. The van der Waals surface area contributed by atoms with Gasteiger partial charge in [-0.2, -0.15) is 0 Å². The van der Waals surface area contributed by atoms with E-state index in [0.717, 1.165) is 0 Å². The Kier molecular flexibility index (Phi) is 6.83. The lowest BCUT2D eigenvalue weighted by Gasteiger charge is -2.31. The maximum absolute atomic E-state index is 13.3. The van der Waals surface area contributed by atoms with Gasteiger partial charge < -0.3 is 0 Å². The van der Waals surface area contributed by atoms with Crippen molar-refractivity contribution in [3.63, 3.8) is 0 Å². The molecule has 2 aromatic rings. The minimum atomic E-state index is -4.14. The Morgan fingerprint density at radius 1 is 0.793 bits per heavy atom. The van der Waals surface area contributed by atoms with E-state index in [0.29, 0.717) is 0 Å². The number of benzene rings is 2. The Hall–Kier alpha value is -1.88. The van der Waals surface area contributed by atoms with E-state index in [4.69, 9.17) is 0 Å². The minimum Gasteiger partial charge on any atom is -0.222 e. The van der Waals surface area contributed by atoms with Crippen LogP contribution >= 0.6 is 0 Å². The predicted molar refractivity (Wildman–Crippen MR) is 121 cm³/mol. The molecule has 0 N–H and O–H groups in total. The van der Waals surface area contributed by atoms with Gasteiger partial charge in [-0.1, -0.05) is 70.3 Å². The molecule has 0 spiro atoms. The van der Waals surface area contributed by atoms with E-state index in [9.17, 15) is 16.8 Å². The van der Waals surface area contributed by atoms with Crippen LogP contribution in [-0.4, -0.2) is 29.5 Å². The molecule has 4 nitrogen and oxygen atoms in total. The fourth-order valence-corrected chi connectivity index (χ4v) is 7.66. The summed E-state index contributed by atoms with van der Waals surface area (Å²) < 4.78 is 51.4. The van der Waals surface area contributed by atoms with Crippen molar-refractivity contribution in [1.29, 1.82) is 0 Å². The molecule has 0 saturated heterocycles. The fourth-order valence-electron chi connectivity index (χ4n) is 2.45. The Morgan fingerprint density at radius 2 is 1.17 bits per heavy atom. The van der Waals surface area contributed by atoms with Gasteiger partial charge in [-0.25, -0.2) is 16.8 Å². The van der Waals surface area contributed by atoms with Crippen molar-refractivity contribution < 1.29 is 16.8 Å². The third kappa shape index (κ3) is 5.19. The van der Waals surface area contributed by atoms with Gasteiger partial charge in [0.25, 0.3) is 0 Å². The van der Waals surface area contributed by atoms with Gasteiger partial charge in [-0.15, -0.1) is 11.5 Å². The normalized spacial score (nSPS) is 13.0. The van der Waals surface area contributed by atoms with Crippen molar-refractivity contribution >= 4 is 27.7 Å². The summed E-state index contributed by atoms with van der Waals surface area (Å²) in [5, 5.41) is -0.00783. The first kappa shape index (κ1) is 23.4. The van der Waals surface area contributed by atoms with Gasteiger partial charge >= 0.3 is 0 Å². The molecule has 0 amide bonds. The Balaban J connectivity index is 2.57. The molecule has 156 valence electrons. The van der Waals surface area contributed by atoms with Gasteiger partial charge in [0.1, 0.15) is 8.07 Å². The van der Waals surface area contributed by atoms with Crippen LogP contribution in [0.1, 0.15) is 27.2 Å². The van der Waals surface area contributed by atoms with Crippen LogP contribution in [0.5, 0.6) is 0 Å². The minimum absolute atomic E-state index is 0.00783. The monoisotopic (exact) mass is 448 g/mol. The zero-order chi connectivity index (χ0) is 21.9. The summed E-state index contributed by atoms with van der Waals surface area (Å²) in [6.07, 6.45) is -0.263. The van der Waals surface area contributed by atoms with Crippen LogP contribution in [0.4, 0.5) is 0 Å². The average molecular weight is 449 g/mol. The standard InChI is InChI=1S/C22H28O4S2Si/c1-22(2,3)29(4,5)18-12-17-21(27(23,24)19-13-8-6-9-14-19)28(25,26)20-15-10-7-11-16-20/h6-11,13-16,21H,17H2,1-5H3. The molecule has 7 heteroatoms. The van der Waals surface area contributed by atoms with Crippen LogP contribution in [0.25, 0.3) is 0 Å². The summed E-state index contributed by atoms with van der Waals surface area (Å²) in [5.41, 5.74) is 3.24. The smallest absolute Gasteiger partial charge is 0.196 e. The molecule has 0 atom stereocenters. The van der Waals surface area contributed by atoms with Crippen molar-refractivity contribution in [2.45, 2.75) is 59.7 Å². The van der Waals surface area contributed by atoms with Crippen molar-refractivity contribution in [3.8, 4) is 11.5 Å². The molecule has 0 fully saturated rings. The van der Waals surface area contributed by atoms with Gasteiger partial charge in [0.2, 0.25) is 0 Å². The van der Waals surface area contributed by atoms with Gasteiger partial charge in [0, 0.05) is 6.42 Å². The van der Waals surface area contributed by atoms with Crippen LogP contribution in [-0.2, 0) is 19.7 Å². The SMILES string of the molecule is CC(C)(C)[Si](C)(C)C#CCC(S(=O)(=O)c1ccccc1)S(=O)(=O)c1ccccc1. The summed E-state index contributed by atoms with van der Waals surface area (Å²) in [6.45, 7) is 10.5. The zero-order valence-corrected chi connectivity index (χ0v) is 20.1. The lowest BCUT2D eigenvalue weighted by Crippen LogP contribution is -2.36. The van der Waals surface area contributed by atoms with Crippen molar-refractivity contribution in [1.82, 2.24) is 0 Å². The molecular weight excluding hydrogens is 420 g/mol. The third-order valence-electron chi connectivity index (χ3n) is 5.38. The molecule has 0 unspecified atom stereocenters. The van der Waals surface area contributed by atoms with Gasteiger partial charge in [0.15, 0.2) is 24.3 Å². The highest BCUT2D eigenvalue weighted by Crippen LogP contribution is 2.35. The highest BCUT2D eigenvalue weighted by Gasteiger charge is 2.40. The molecule has 0 aliphatic carbocycles. The summed E-state index contributed by atoms with van der Waals surface area (Å²) in [4.78, 5) is -0.0303. The van der Waals surface area contributed by atoms with Gasteiger partial charge in [0.05, 0.1) is 9.79 Å². The van der Waals surface area contributed by atoms with E-state index in [1.54, 1.807) is 36.4 Å². The third-order valence-corrected chi connectivity index (χ3v) is 15.0. The molecule has 0 radical (unpaired) electrons. The fraction of sp³-hybridized carbons (Fsp3) is 0.364. The number of hydrogen-bond donors (Lipinski definition) is 0. The van der Waals surface area contributed by atoms with E-state index in [-0.39, 0.29) is 21.3 Å². The van der Waals surface area contributed by atoms with E-state index in [1.165, 1.54) is 24.3 Å². The first-order chi connectivity index (χ1) is 13.3. The topological polar surface area (TPSA) is 68.3 Å². The molecule has 2 rings (SSSR count). The van der Waals surface area contributed by atoms with Crippen LogP contribution in [0.15, 0.2) is 70.5 Å². The lowest BCUT2D eigenvalue weighted by atomic mass is 10.2. The van der Waals surface area contributed by atoms with Crippen LogP contribution in [0.2, 0.25) is 18.1 Å². The van der Waals surface area contributed by atoms with E-state index < -0.39 is 32.3 Å². The van der Waals surface area contributed by atoms with Crippen LogP contribution < -0.4 is 0 Å². The maximum atomic E-state index is 13.3. The van der Waals surface area contributed by atoms with E-state index >= 15 is 0 Å². The first-order valence-electron chi connectivity index (χ1n) is 9.38. The molecule has 0 saturated carbocycles. The highest BCUT2D eigenvalue weighted by molar-refractivity contribution is 8.09. The van der Waals surface area contributed by atoms with Gasteiger partial charge in [-0.3, -0.25) is 0 Å².